The molecule has 1 aliphatic rings. The van der Waals surface area contributed by atoms with Crippen molar-refractivity contribution < 1.29 is 18.3 Å². The summed E-state index contributed by atoms with van der Waals surface area (Å²) in [7, 11) is 1.65. The highest BCUT2D eigenvalue weighted by Gasteiger charge is 2.34. The Morgan fingerprint density at radius 3 is 2.53 bits per heavy atom. The van der Waals surface area contributed by atoms with Gasteiger partial charge in [-0.15, -0.1) is 0 Å². The van der Waals surface area contributed by atoms with Crippen LogP contribution in [0.3, 0.4) is 0 Å². The lowest BCUT2D eigenvalue weighted by Gasteiger charge is -2.29. The summed E-state index contributed by atoms with van der Waals surface area (Å²) in [5.74, 6) is 0.232. The summed E-state index contributed by atoms with van der Waals surface area (Å²) in [6.45, 7) is 0.307. The van der Waals surface area contributed by atoms with E-state index in [4.69, 9.17) is 0 Å². The van der Waals surface area contributed by atoms with E-state index in [-0.39, 0.29) is 5.82 Å². The first-order chi connectivity index (χ1) is 8.80. The number of rotatable bonds is 3. The fourth-order valence-electron chi connectivity index (χ4n) is 2.51. The maximum Gasteiger partial charge on any atom is 0.433 e. The zero-order valence-electron chi connectivity index (χ0n) is 10.7. The van der Waals surface area contributed by atoms with E-state index in [2.05, 4.69) is 4.98 Å². The van der Waals surface area contributed by atoms with E-state index in [1.807, 2.05) is 0 Å². The van der Waals surface area contributed by atoms with Crippen molar-refractivity contribution in [2.75, 3.05) is 18.5 Å². The van der Waals surface area contributed by atoms with E-state index in [1.54, 1.807) is 11.9 Å². The molecule has 1 N–H and O–H groups in total. The summed E-state index contributed by atoms with van der Waals surface area (Å²) >= 11 is 0. The lowest BCUT2D eigenvalue weighted by Crippen LogP contribution is -2.39. The second kappa shape index (κ2) is 5.00. The Bertz CT molecular complexity index is 442. The van der Waals surface area contributed by atoms with Gasteiger partial charge in [0.05, 0.1) is 5.60 Å². The lowest BCUT2D eigenvalue weighted by molar-refractivity contribution is -0.141. The molecule has 1 aromatic rings. The third-order valence-electron chi connectivity index (χ3n) is 3.48. The van der Waals surface area contributed by atoms with Gasteiger partial charge < -0.3 is 10.0 Å². The van der Waals surface area contributed by atoms with Crippen LogP contribution in [0.15, 0.2) is 18.2 Å². The van der Waals surface area contributed by atoms with Gasteiger partial charge in [0.2, 0.25) is 0 Å². The second-order valence-corrected chi connectivity index (χ2v) is 5.17. The summed E-state index contributed by atoms with van der Waals surface area (Å²) in [5.41, 5.74) is -1.71. The van der Waals surface area contributed by atoms with Crippen molar-refractivity contribution >= 4 is 5.82 Å². The molecule has 0 bridgehead atoms. The third-order valence-corrected chi connectivity index (χ3v) is 3.48. The molecule has 0 aromatic carbocycles. The smallest absolute Gasteiger partial charge is 0.388 e. The van der Waals surface area contributed by atoms with Gasteiger partial charge in [0.25, 0.3) is 0 Å². The summed E-state index contributed by atoms with van der Waals surface area (Å²) in [6, 6.07) is 3.80. The largest absolute Gasteiger partial charge is 0.433 e. The monoisotopic (exact) mass is 274 g/mol. The molecule has 0 unspecified atom stereocenters. The molecule has 1 aromatic heterocycles. The quantitative estimate of drug-likeness (QED) is 0.920. The zero-order chi connectivity index (χ0) is 14.1. The number of aromatic nitrogens is 1. The van der Waals surface area contributed by atoms with Crippen molar-refractivity contribution in [2.45, 2.75) is 37.5 Å². The number of hydrogen-bond acceptors (Lipinski definition) is 3. The Morgan fingerprint density at radius 1 is 1.32 bits per heavy atom. The van der Waals surface area contributed by atoms with Crippen LogP contribution >= 0.6 is 0 Å². The Morgan fingerprint density at radius 2 is 1.95 bits per heavy atom. The van der Waals surface area contributed by atoms with Crippen LogP contribution in [-0.2, 0) is 6.18 Å². The molecule has 0 atom stereocenters. The summed E-state index contributed by atoms with van der Waals surface area (Å²) < 4.78 is 37.7. The first-order valence-corrected chi connectivity index (χ1v) is 6.28. The molecule has 1 fully saturated rings. The second-order valence-electron chi connectivity index (χ2n) is 5.17. The highest BCUT2D eigenvalue weighted by molar-refractivity contribution is 5.39. The Hall–Kier alpha value is -1.30. The van der Waals surface area contributed by atoms with Crippen molar-refractivity contribution in [2.24, 2.45) is 0 Å². The predicted molar refractivity (Wildman–Crippen MR) is 65.9 cm³/mol. The van der Waals surface area contributed by atoms with Gasteiger partial charge in [0.15, 0.2) is 0 Å². The van der Waals surface area contributed by atoms with E-state index >= 15 is 0 Å². The molecule has 0 spiro atoms. The number of likely N-dealkylation sites (N-methyl/N-ethyl adjacent to an activating group) is 1. The third kappa shape index (κ3) is 3.37. The van der Waals surface area contributed by atoms with Crippen molar-refractivity contribution in [3.8, 4) is 0 Å². The molecule has 1 aliphatic carbocycles. The zero-order valence-corrected chi connectivity index (χ0v) is 10.7. The number of nitrogens with zero attached hydrogens (tertiary/aromatic N) is 2. The molecule has 2 rings (SSSR count). The van der Waals surface area contributed by atoms with E-state index in [0.29, 0.717) is 19.4 Å². The van der Waals surface area contributed by atoms with Crippen LogP contribution in [-0.4, -0.2) is 29.3 Å². The summed E-state index contributed by atoms with van der Waals surface area (Å²) in [4.78, 5) is 5.19. The minimum Gasteiger partial charge on any atom is -0.388 e. The topological polar surface area (TPSA) is 36.4 Å². The molecular formula is C13H17F3N2O. The number of alkyl halides is 3. The fraction of sp³-hybridized carbons (Fsp3) is 0.615. The van der Waals surface area contributed by atoms with Crippen LogP contribution in [0.25, 0.3) is 0 Å². The van der Waals surface area contributed by atoms with Crippen molar-refractivity contribution in [3.63, 3.8) is 0 Å². The van der Waals surface area contributed by atoms with E-state index < -0.39 is 17.5 Å². The van der Waals surface area contributed by atoms with Gasteiger partial charge in [-0.1, -0.05) is 18.9 Å². The molecule has 3 nitrogen and oxygen atoms in total. The average molecular weight is 274 g/mol. The van der Waals surface area contributed by atoms with Crippen LogP contribution in [0, 0.1) is 0 Å². The van der Waals surface area contributed by atoms with Crippen molar-refractivity contribution in [1.82, 2.24) is 4.98 Å². The number of halogens is 3. The van der Waals surface area contributed by atoms with Gasteiger partial charge in [-0.3, -0.25) is 0 Å². The number of aliphatic hydroxyl groups is 1. The number of pyridine rings is 1. The van der Waals surface area contributed by atoms with Crippen LogP contribution in [0.2, 0.25) is 0 Å². The molecule has 1 saturated carbocycles. The average Bonchev–Trinajstić information content (AvgIpc) is 2.75. The van der Waals surface area contributed by atoms with Gasteiger partial charge in [-0.2, -0.15) is 13.2 Å². The normalized spacial score (nSPS) is 18.6. The molecule has 19 heavy (non-hydrogen) atoms. The van der Waals surface area contributed by atoms with Gasteiger partial charge in [-0.25, -0.2) is 4.98 Å². The van der Waals surface area contributed by atoms with Crippen LogP contribution in [0.4, 0.5) is 19.0 Å². The van der Waals surface area contributed by atoms with Gasteiger partial charge in [0, 0.05) is 13.6 Å². The molecule has 1 heterocycles. The van der Waals surface area contributed by atoms with Crippen LogP contribution in [0.1, 0.15) is 31.4 Å². The fourth-order valence-corrected chi connectivity index (χ4v) is 2.51. The van der Waals surface area contributed by atoms with Crippen LogP contribution < -0.4 is 4.90 Å². The highest BCUT2D eigenvalue weighted by atomic mass is 19.4. The van der Waals surface area contributed by atoms with E-state index in [9.17, 15) is 18.3 Å². The molecule has 0 radical (unpaired) electrons. The minimum atomic E-state index is -4.44. The standard InChI is InChI=1S/C13H17F3N2O/c1-18(9-12(19)7-2-3-8-12)11-6-4-5-10(17-11)13(14,15)16/h4-6,19H,2-3,7-9H2,1H3. The first-order valence-electron chi connectivity index (χ1n) is 6.28. The highest BCUT2D eigenvalue weighted by Crippen LogP contribution is 2.32. The molecule has 0 amide bonds. The van der Waals surface area contributed by atoms with Crippen LogP contribution in [0.5, 0.6) is 0 Å². The Kier molecular flexibility index (Phi) is 3.71. The maximum atomic E-state index is 12.6. The molecule has 0 saturated heterocycles. The van der Waals surface area contributed by atoms with E-state index in [1.165, 1.54) is 12.1 Å². The van der Waals surface area contributed by atoms with Gasteiger partial charge in [-0.05, 0) is 25.0 Å². The SMILES string of the molecule is CN(CC1(O)CCCC1)c1cccc(C(F)(F)F)n1. The van der Waals surface area contributed by atoms with Crippen molar-refractivity contribution in [1.29, 1.82) is 0 Å². The molecule has 0 aliphatic heterocycles. The number of anilines is 1. The molecule has 106 valence electrons. The Labute approximate surface area is 110 Å². The number of hydrogen-bond donors (Lipinski definition) is 1. The molecular weight excluding hydrogens is 257 g/mol. The minimum absolute atomic E-state index is 0.232. The Balaban J connectivity index is 2.13. The van der Waals surface area contributed by atoms with Gasteiger partial charge in [0.1, 0.15) is 11.5 Å². The van der Waals surface area contributed by atoms with Crippen molar-refractivity contribution in [3.05, 3.63) is 23.9 Å². The summed E-state index contributed by atoms with van der Waals surface area (Å²) in [6.07, 6.45) is -1.14. The predicted octanol–water partition coefficient (Wildman–Crippen LogP) is 2.84. The lowest BCUT2D eigenvalue weighted by atomic mass is 10.0. The molecule has 6 heteroatoms. The first kappa shape index (κ1) is 14.1. The van der Waals surface area contributed by atoms with E-state index in [0.717, 1.165) is 18.9 Å². The summed E-state index contributed by atoms with van der Waals surface area (Å²) in [5, 5.41) is 10.3. The van der Waals surface area contributed by atoms with Gasteiger partial charge >= 0.3 is 6.18 Å². The maximum absolute atomic E-state index is 12.6.